The normalized spacial score (nSPS) is 10.8. The van der Waals surface area contributed by atoms with Crippen molar-refractivity contribution in [2.24, 2.45) is 0 Å². The van der Waals surface area contributed by atoms with Crippen molar-refractivity contribution in [3.63, 3.8) is 0 Å². The second kappa shape index (κ2) is 11.4. The fourth-order valence-corrected chi connectivity index (χ4v) is 3.62. The van der Waals surface area contributed by atoms with E-state index in [0.717, 1.165) is 21.9 Å². The molecule has 3 rings (SSSR count). The number of hydrogen-bond acceptors (Lipinski definition) is 6. The van der Waals surface area contributed by atoms with Crippen molar-refractivity contribution < 1.29 is 27.8 Å². The first-order chi connectivity index (χ1) is 15.4. The SMILES string of the molecule is COc1ccc(CCNC(=O)Cc2csc(COc3ccc(C)cc3)n2)cc1OC(F)F. The number of alkyl halides is 2. The lowest BCUT2D eigenvalue weighted by Crippen LogP contribution is -2.27. The number of methoxy groups -OCH3 is 1. The van der Waals surface area contributed by atoms with E-state index in [1.807, 2.05) is 36.6 Å². The molecule has 0 aliphatic rings. The molecule has 1 amide bonds. The van der Waals surface area contributed by atoms with Crippen molar-refractivity contribution in [3.05, 3.63) is 69.7 Å². The van der Waals surface area contributed by atoms with Crippen LogP contribution in [0.2, 0.25) is 0 Å². The molecule has 32 heavy (non-hydrogen) atoms. The van der Waals surface area contributed by atoms with Crippen molar-refractivity contribution in [3.8, 4) is 17.2 Å². The lowest BCUT2D eigenvalue weighted by Gasteiger charge is -2.11. The van der Waals surface area contributed by atoms with Gasteiger partial charge >= 0.3 is 6.61 Å². The van der Waals surface area contributed by atoms with Crippen LogP contribution in [-0.4, -0.2) is 31.2 Å². The van der Waals surface area contributed by atoms with Gasteiger partial charge in [0.1, 0.15) is 17.4 Å². The van der Waals surface area contributed by atoms with Gasteiger partial charge in [-0.1, -0.05) is 23.8 Å². The molecule has 0 aliphatic carbocycles. The molecular weight excluding hydrogens is 438 g/mol. The van der Waals surface area contributed by atoms with Crippen molar-refractivity contribution in [1.82, 2.24) is 10.3 Å². The summed E-state index contributed by atoms with van der Waals surface area (Å²) in [6.45, 7) is -0.232. The van der Waals surface area contributed by atoms with E-state index in [1.54, 1.807) is 12.1 Å². The minimum atomic E-state index is -2.94. The first-order valence-corrected chi connectivity index (χ1v) is 10.8. The maximum absolute atomic E-state index is 12.5. The zero-order valence-corrected chi connectivity index (χ0v) is 18.6. The van der Waals surface area contributed by atoms with Crippen LogP contribution in [0.25, 0.3) is 0 Å². The zero-order valence-electron chi connectivity index (χ0n) is 17.8. The molecule has 3 aromatic rings. The standard InChI is InChI=1S/C23H24F2N2O4S/c1-15-3-6-18(7-4-15)30-13-22-27-17(14-32-22)12-21(28)26-10-9-16-5-8-19(29-2)20(11-16)31-23(24)25/h3-8,11,14,23H,9-10,12-13H2,1-2H3,(H,26,28). The van der Waals surface area contributed by atoms with E-state index in [0.29, 0.717) is 25.3 Å². The highest BCUT2D eigenvalue weighted by atomic mass is 32.1. The molecule has 0 aliphatic heterocycles. The number of amides is 1. The van der Waals surface area contributed by atoms with Crippen LogP contribution in [0.1, 0.15) is 21.8 Å². The quantitative estimate of drug-likeness (QED) is 0.453. The molecule has 1 aromatic heterocycles. The third-order valence-corrected chi connectivity index (χ3v) is 5.38. The smallest absolute Gasteiger partial charge is 0.387 e. The molecule has 0 radical (unpaired) electrons. The lowest BCUT2D eigenvalue weighted by molar-refractivity contribution is -0.120. The van der Waals surface area contributed by atoms with E-state index in [-0.39, 0.29) is 23.8 Å². The second-order valence-electron chi connectivity index (χ2n) is 6.97. The van der Waals surface area contributed by atoms with Gasteiger partial charge in [0.25, 0.3) is 0 Å². The van der Waals surface area contributed by atoms with Gasteiger partial charge in [-0.2, -0.15) is 8.78 Å². The number of hydrogen-bond donors (Lipinski definition) is 1. The highest BCUT2D eigenvalue weighted by Gasteiger charge is 2.12. The van der Waals surface area contributed by atoms with E-state index in [4.69, 9.17) is 9.47 Å². The maximum Gasteiger partial charge on any atom is 0.387 e. The summed E-state index contributed by atoms with van der Waals surface area (Å²) in [5.41, 5.74) is 2.58. The van der Waals surface area contributed by atoms with Crippen LogP contribution in [0.4, 0.5) is 8.78 Å². The summed E-state index contributed by atoms with van der Waals surface area (Å²) in [4.78, 5) is 16.7. The van der Waals surface area contributed by atoms with Crippen LogP contribution in [0.15, 0.2) is 47.8 Å². The molecule has 170 valence electrons. The number of halogens is 2. The number of aromatic nitrogens is 1. The lowest BCUT2D eigenvalue weighted by atomic mass is 10.1. The van der Waals surface area contributed by atoms with Crippen LogP contribution < -0.4 is 19.5 Å². The van der Waals surface area contributed by atoms with Crippen LogP contribution >= 0.6 is 11.3 Å². The zero-order chi connectivity index (χ0) is 22.9. The number of ether oxygens (including phenoxy) is 3. The molecule has 0 saturated carbocycles. The van der Waals surface area contributed by atoms with Gasteiger partial charge < -0.3 is 19.5 Å². The van der Waals surface area contributed by atoms with Gasteiger partial charge in [-0.05, 0) is 43.2 Å². The molecule has 0 saturated heterocycles. The maximum atomic E-state index is 12.5. The summed E-state index contributed by atoms with van der Waals surface area (Å²) in [5, 5.41) is 5.44. The predicted octanol–water partition coefficient (Wildman–Crippen LogP) is 4.54. The molecule has 0 bridgehead atoms. The van der Waals surface area contributed by atoms with Crippen molar-refractivity contribution in [2.75, 3.05) is 13.7 Å². The summed E-state index contributed by atoms with van der Waals surface area (Å²) >= 11 is 1.44. The molecular formula is C23H24F2N2O4S. The molecule has 0 unspecified atom stereocenters. The van der Waals surface area contributed by atoms with Crippen LogP contribution in [-0.2, 0) is 24.2 Å². The fourth-order valence-electron chi connectivity index (χ4n) is 2.91. The highest BCUT2D eigenvalue weighted by Crippen LogP contribution is 2.29. The Morgan fingerprint density at radius 1 is 1.16 bits per heavy atom. The average Bonchev–Trinajstić information content (AvgIpc) is 3.20. The van der Waals surface area contributed by atoms with Gasteiger partial charge in [0.05, 0.1) is 19.2 Å². The average molecular weight is 463 g/mol. The molecule has 6 nitrogen and oxygen atoms in total. The predicted molar refractivity (Wildman–Crippen MR) is 118 cm³/mol. The third-order valence-electron chi connectivity index (χ3n) is 4.50. The first-order valence-electron chi connectivity index (χ1n) is 9.94. The van der Waals surface area contributed by atoms with Crippen molar-refractivity contribution >= 4 is 17.2 Å². The summed E-state index contributed by atoms with van der Waals surface area (Å²) < 4.78 is 40.3. The van der Waals surface area contributed by atoms with Gasteiger partial charge in [0.15, 0.2) is 11.5 Å². The third kappa shape index (κ3) is 7.19. The van der Waals surface area contributed by atoms with E-state index in [1.165, 1.54) is 24.5 Å². The Kier molecular flexibility index (Phi) is 8.38. The molecule has 0 fully saturated rings. The summed E-state index contributed by atoms with van der Waals surface area (Å²) in [6, 6.07) is 12.6. The van der Waals surface area contributed by atoms with Crippen LogP contribution in [0.5, 0.6) is 17.2 Å². The van der Waals surface area contributed by atoms with Crippen LogP contribution in [0, 0.1) is 6.92 Å². The molecule has 9 heteroatoms. The Hall–Kier alpha value is -3.20. The fraction of sp³-hybridized carbons (Fsp3) is 0.304. The van der Waals surface area contributed by atoms with Gasteiger partial charge in [-0.15, -0.1) is 11.3 Å². The number of nitrogens with one attached hydrogen (secondary N) is 1. The Labute approximate surface area is 189 Å². The Balaban J connectivity index is 1.44. The van der Waals surface area contributed by atoms with Crippen molar-refractivity contribution in [1.29, 1.82) is 0 Å². The summed E-state index contributed by atoms with van der Waals surface area (Å²) in [5.74, 6) is 0.794. The van der Waals surface area contributed by atoms with Crippen molar-refractivity contribution in [2.45, 2.75) is 33.0 Å². The molecule has 0 spiro atoms. The monoisotopic (exact) mass is 462 g/mol. The Morgan fingerprint density at radius 2 is 1.94 bits per heavy atom. The minimum absolute atomic E-state index is 0.0332. The van der Waals surface area contributed by atoms with Crippen LogP contribution in [0.3, 0.4) is 0 Å². The number of thiazole rings is 1. The molecule has 2 aromatic carbocycles. The number of carbonyl (C=O) groups is 1. The Bertz CT molecular complexity index is 1030. The number of benzene rings is 2. The number of carbonyl (C=O) groups excluding carboxylic acids is 1. The van der Waals surface area contributed by atoms with Gasteiger partial charge in [-0.25, -0.2) is 4.98 Å². The topological polar surface area (TPSA) is 69.7 Å². The van der Waals surface area contributed by atoms with Gasteiger partial charge in [0.2, 0.25) is 5.91 Å². The summed E-state index contributed by atoms with van der Waals surface area (Å²) in [7, 11) is 1.38. The molecule has 1 heterocycles. The second-order valence-corrected chi connectivity index (χ2v) is 7.92. The number of nitrogens with zero attached hydrogens (tertiary/aromatic N) is 1. The van der Waals surface area contributed by atoms with E-state index < -0.39 is 6.61 Å². The first kappa shape index (κ1) is 23.5. The molecule has 1 N–H and O–H groups in total. The number of rotatable bonds is 11. The van der Waals surface area contributed by atoms with Gasteiger partial charge in [-0.3, -0.25) is 4.79 Å². The minimum Gasteiger partial charge on any atom is -0.493 e. The van der Waals surface area contributed by atoms with E-state index in [2.05, 4.69) is 15.0 Å². The summed E-state index contributed by atoms with van der Waals surface area (Å²) in [6.07, 6.45) is 0.616. The van der Waals surface area contributed by atoms with E-state index >= 15 is 0 Å². The van der Waals surface area contributed by atoms with E-state index in [9.17, 15) is 13.6 Å². The largest absolute Gasteiger partial charge is 0.493 e. The number of aryl methyl sites for hydroxylation is 1. The molecule has 0 atom stereocenters. The highest BCUT2D eigenvalue weighted by molar-refractivity contribution is 7.09. The van der Waals surface area contributed by atoms with Gasteiger partial charge in [0, 0.05) is 11.9 Å². The Morgan fingerprint density at radius 3 is 2.66 bits per heavy atom.